The van der Waals surface area contributed by atoms with E-state index in [2.05, 4.69) is 51.2 Å². The second-order valence-corrected chi connectivity index (χ2v) is 6.26. The highest BCUT2D eigenvalue weighted by molar-refractivity contribution is 5.56. The third-order valence-corrected chi connectivity index (χ3v) is 3.72. The van der Waals surface area contributed by atoms with Crippen molar-refractivity contribution in [2.24, 2.45) is 0 Å². The maximum absolute atomic E-state index is 5.41. The van der Waals surface area contributed by atoms with Gasteiger partial charge in [0.15, 0.2) is 0 Å². The highest BCUT2D eigenvalue weighted by Gasteiger charge is 2.19. The molecular weight excluding hydrogens is 222 g/mol. The number of hydrogen-bond donors (Lipinski definition) is 1. The second-order valence-electron chi connectivity index (χ2n) is 6.26. The van der Waals surface area contributed by atoms with Crippen LogP contribution in [-0.2, 0) is 10.2 Å². The van der Waals surface area contributed by atoms with Crippen LogP contribution in [0.3, 0.4) is 0 Å². The molecule has 0 spiro atoms. The molecule has 1 aromatic carbocycles. The van der Waals surface area contributed by atoms with Gasteiger partial charge < -0.3 is 10.1 Å². The molecule has 0 saturated carbocycles. The summed E-state index contributed by atoms with van der Waals surface area (Å²) in [5, 5.41) is 3.68. The van der Waals surface area contributed by atoms with Gasteiger partial charge in [-0.2, -0.15) is 0 Å². The van der Waals surface area contributed by atoms with Crippen molar-refractivity contribution in [2.75, 3.05) is 18.5 Å². The van der Waals surface area contributed by atoms with Crippen LogP contribution in [0, 0.1) is 6.92 Å². The van der Waals surface area contributed by atoms with Crippen LogP contribution in [-0.4, -0.2) is 19.3 Å². The molecule has 0 amide bonds. The summed E-state index contributed by atoms with van der Waals surface area (Å²) in [4.78, 5) is 0. The summed E-state index contributed by atoms with van der Waals surface area (Å²) in [5.74, 6) is 0. The van der Waals surface area contributed by atoms with Gasteiger partial charge in [-0.15, -0.1) is 0 Å². The fourth-order valence-corrected chi connectivity index (χ4v) is 2.67. The quantitative estimate of drug-likeness (QED) is 0.856. The molecule has 0 bridgehead atoms. The molecule has 100 valence electrons. The Morgan fingerprint density at radius 1 is 1.17 bits per heavy atom. The van der Waals surface area contributed by atoms with Gasteiger partial charge in [0.1, 0.15) is 0 Å². The summed E-state index contributed by atoms with van der Waals surface area (Å²) < 4.78 is 5.41. The topological polar surface area (TPSA) is 21.3 Å². The Morgan fingerprint density at radius 2 is 1.83 bits per heavy atom. The van der Waals surface area contributed by atoms with E-state index in [0.717, 1.165) is 26.1 Å². The molecular formula is C16H25NO. The number of hydrogen-bond acceptors (Lipinski definition) is 2. The largest absolute Gasteiger partial charge is 0.382 e. The van der Waals surface area contributed by atoms with Crippen molar-refractivity contribution < 1.29 is 4.74 Å². The maximum atomic E-state index is 5.41. The molecule has 1 aliphatic heterocycles. The second kappa shape index (κ2) is 5.31. The van der Waals surface area contributed by atoms with Gasteiger partial charge in [-0.25, -0.2) is 0 Å². The van der Waals surface area contributed by atoms with E-state index >= 15 is 0 Å². The zero-order chi connectivity index (χ0) is 13.2. The third kappa shape index (κ3) is 3.05. The van der Waals surface area contributed by atoms with Crippen LogP contribution in [0.25, 0.3) is 0 Å². The Bertz CT molecular complexity index is 400. The molecule has 1 saturated heterocycles. The first kappa shape index (κ1) is 13.4. The van der Waals surface area contributed by atoms with Gasteiger partial charge in [-0.05, 0) is 42.4 Å². The van der Waals surface area contributed by atoms with E-state index in [0.29, 0.717) is 6.04 Å². The molecule has 18 heavy (non-hydrogen) atoms. The normalized spacial score (nSPS) is 17.8. The average molecular weight is 247 g/mol. The summed E-state index contributed by atoms with van der Waals surface area (Å²) in [7, 11) is 0. The van der Waals surface area contributed by atoms with Crippen LogP contribution < -0.4 is 5.32 Å². The number of ether oxygens (including phenoxy) is 1. The van der Waals surface area contributed by atoms with E-state index in [4.69, 9.17) is 4.74 Å². The zero-order valence-corrected chi connectivity index (χ0v) is 12.0. The lowest BCUT2D eigenvalue weighted by molar-refractivity contribution is 0.0904. The predicted molar refractivity (Wildman–Crippen MR) is 77.3 cm³/mol. The maximum Gasteiger partial charge on any atom is 0.0485 e. The van der Waals surface area contributed by atoms with Crippen molar-refractivity contribution in [3.63, 3.8) is 0 Å². The molecule has 2 heteroatoms. The molecule has 0 atom stereocenters. The van der Waals surface area contributed by atoms with Crippen molar-refractivity contribution in [3.05, 3.63) is 29.3 Å². The third-order valence-electron chi connectivity index (χ3n) is 3.72. The van der Waals surface area contributed by atoms with Gasteiger partial charge >= 0.3 is 0 Å². The smallest absolute Gasteiger partial charge is 0.0485 e. The highest BCUT2D eigenvalue weighted by atomic mass is 16.5. The van der Waals surface area contributed by atoms with E-state index in [9.17, 15) is 0 Å². The van der Waals surface area contributed by atoms with Crippen molar-refractivity contribution in [3.8, 4) is 0 Å². The lowest BCUT2D eigenvalue weighted by atomic mass is 9.83. The van der Waals surface area contributed by atoms with E-state index in [1.54, 1.807) is 0 Å². The van der Waals surface area contributed by atoms with Crippen molar-refractivity contribution in [2.45, 2.75) is 52.0 Å². The van der Waals surface area contributed by atoms with Crippen LogP contribution in [0.5, 0.6) is 0 Å². The minimum absolute atomic E-state index is 0.206. The van der Waals surface area contributed by atoms with Gasteiger partial charge in [-0.1, -0.05) is 32.9 Å². The van der Waals surface area contributed by atoms with Gasteiger partial charge in [-0.3, -0.25) is 0 Å². The van der Waals surface area contributed by atoms with Crippen LogP contribution >= 0.6 is 0 Å². The summed E-state index contributed by atoms with van der Waals surface area (Å²) in [6.45, 7) is 10.8. The standard InChI is InChI=1S/C16H25NO/c1-12-14(16(2,3)4)6-5-7-15(12)17-13-8-10-18-11-9-13/h5-7,13,17H,8-11H2,1-4H3. The average Bonchev–Trinajstić information content (AvgIpc) is 2.32. The van der Waals surface area contributed by atoms with Crippen molar-refractivity contribution in [1.82, 2.24) is 0 Å². The van der Waals surface area contributed by atoms with Crippen LogP contribution in [0.4, 0.5) is 5.69 Å². The molecule has 1 aromatic rings. The molecule has 1 N–H and O–H groups in total. The molecule has 0 aromatic heterocycles. The minimum Gasteiger partial charge on any atom is -0.382 e. The molecule has 1 fully saturated rings. The fraction of sp³-hybridized carbons (Fsp3) is 0.625. The zero-order valence-electron chi connectivity index (χ0n) is 12.0. The van der Waals surface area contributed by atoms with Gasteiger partial charge in [0, 0.05) is 24.9 Å². The SMILES string of the molecule is Cc1c(NC2CCOCC2)cccc1C(C)(C)C. The molecule has 1 aliphatic rings. The number of anilines is 1. The molecule has 0 radical (unpaired) electrons. The fourth-order valence-electron chi connectivity index (χ4n) is 2.67. The summed E-state index contributed by atoms with van der Waals surface area (Å²) in [6.07, 6.45) is 2.22. The highest BCUT2D eigenvalue weighted by Crippen LogP contribution is 2.30. The lowest BCUT2D eigenvalue weighted by Gasteiger charge is -2.28. The summed E-state index contributed by atoms with van der Waals surface area (Å²) in [6, 6.07) is 7.16. The molecule has 0 unspecified atom stereocenters. The van der Waals surface area contributed by atoms with Gasteiger partial charge in [0.05, 0.1) is 0 Å². The first-order valence-corrected chi connectivity index (χ1v) is 6.93. The van der Waals surface area contributed by atoms with E-state index in [1.807, 2.05) is 0 Å². The number of nitrogens with one attached hydrogen (secondary N) is 1. The molecule has 1 heterocycles. The van der Waals surface area contributed by atoms with Gasteiger partial charge in [0.2, 0.25) is 0 Å². The number of rotatable bonds is 2. The molecule has 2 rings (SSSR count). The Labute approximate surface area is 111 Å². The minimum atomic E-state index is 0.206. The Hall–Kier alpha value is -1.02. The number of benzene rings is 1. The van der Waals surface area contributed by atoms with Crippen molar-refractivity contribution >= 4 is 5.69 Å². The van der Waals surface area contributed by atoms with Crippen molar-refractivity contribution in [1.29, 1.82) is 0 Å². The molecule has 0 aliphatic carbocycles. The van der Waals surface area contributed by atoms with Crippen LogP contribution in [0.1, 0.15) is 44.7 Å². The van der Waals surface area contributed by atoms with Crippen LogP contribution in [0.2, 0.25) is 0 Å². The van der Waals surface area contributed by atoms with Crippen LogP contribution in [0.15, 0.2) is 18.2 Å². The van der Waals surface area contributed by atoms with Gasteiger partial charge in [0.25, 0.3) is 0 Å². The Morgan fingerprint density at radius 3 is 2.44 bits per heavy atom. The van der Waals surface area contributed by atoms with E-state index in [1.165, 1.54) is 16.8 Å². The van der Waals surface area contributed by atoms with E-state index < -0.39 is 0 Å². The van der Waals surface area contributed by atoms with E-state index in [-0.39, 0.29) is 5.41 Å². The summed E-state index contributed by atoms with van der Waals surface area (Å²) >= 11 is 0. The Kier molecular flexibility index (Phi) is 3.96. The predicted octanol–water partition coefficient (Wildman–Crippen LogP) is 3.88. The lowest BCUT2D eigenvalue weighted by Crippen LogP contribution is -2.28. The first-order valence-electron chi connectivity index (χ1n) is 6.93. The Balaban J connectivity index is 2.18. The molecule has 2 nitrogen and oxygen atoms in total. The first-order chi connectivity index (χ1) is 8.48. The monoisotopic (exact) mass is 247 g/mol. The summed E-state index contributed by atoms with van der Waals surface area (Å²) in [5.41, 5.74) is 4.31.